The van der Waals surface area contributed by atoms with Crippen molar-refractivity contribution in [2.75, 3.05) is 0 Å². The van der Waals surface area contributed by atoms with Gasteiger partial charge in [0.05, 0.1) is 0 Å². The average molecular weight is 216 g/mol. The highest BCUT2D eigenvalue weighted by Gasteiger charge is 2.33. The molecule has 0 spiro atoms. The molecule has 0 radical (unpaired) electrons. The molecule has 0 aromatic heterocycles. The summed E-state index contributed by atoms with van der Waals surface area (Å²) in [5.74, 6) is 0. The zero-order valence-electron chi connectivity index (χ0n) is 5.91. The van der Waals surface area contributed by atoms with E-state index in [1.54, 1.807) is 0 Å². The largest absolute Gasteiger partial charge is 0.285 e. The summed E-state index contributed by atoms with van der Waals surface area (Å²) < 4.78 is 55.8. The molecular weight excluding hydrogens is 208 g/mol. The fourth-order valence-electron chi connectivity index (χ4n) is 0.533. The number of allylic oxidation sites excluding steroid dienone is 1. The van der Waals surface area contributed by atoms with Gasteiger partial charge in [0.2, 0.25) is 4.58 Å². The van der Waals surface area contributed by atoms with Crippen LogP contribution in [0.2, 0.25) is 0 Å². The summed E-state index contributed by atoms with van der Waals surface area (Å²) in [4.78, 5) is 0. The second kappa shape index (κ2) is 3.52. The molecular formula is C4H8O6S2. The van der Waals surface area contributed by atoms with Crippen molar-refractivity contribution in [1.29, 1.82) is 0 Å². The van der Waals surface area contributed by atoms with Gasteiger partial charge in [-0.1, -0.05) is 6.08 Å². The molecule has 0 amide bonds. The van der Waals surface area contributed by atoms with E-state index in [9.17, 15) is 16.8 Å². The van der Waals surface area contributed by atoms with E-state index in [-0.39, 0.29) is 0 Å². The third-order valence-electron chi connectivity index (χ3n) is 1.02. The summed E-state index contributed by atoms with van der Waals surface area (Å²) in [6.07, 6.45) is 0.407. The standard InChI is InChI=1S/C4H8O6S2/c1-2-3-4(11(5,6)7)12(8,9)10/h2,4H,1,3H2,(H,5,6,7)(H,8,9,10). The summed E-state index contributed by atoms with van der Waals surface area (Å²) >= 11 is 0. The Hall–Kier alpha value is -0.440. The van der Waals surface area contributed by atoms with Gasteiger partial charge in [0.1, 0.15) is 0 Å². The number of rotatable bonds is 4. The summed E-state index contributed by atoms with van der Waals surface area (Å²) in [6, 6.07) is 0. The lowest BCUT2D eigenvalue weighted by molar-refractivity contribution is 0.455. The normalized spacial score (nSPS) is 13.2. The second-order valence-corrected chi connectivity index (χ2v) is 5.48. The van der Waals surface area contributed by atoms with Crippen molar-refractivity contribution in [2.45, 2.75) is 11.0 Å². The molecule has 72 valence electrons. The van der Waals surface area contributed by atoms with Gasteiger partial charge in [-0.3, -0.25) is 9.11 Å². The SMILES string of the molecule is C=CCC(S(=O)(=O)O)S(=O)(=O)O. The summed E-state index contributed by atoms with van der Waals surface area (Å²) in [5.41, 5.74) is 0. The maximum Gasteiger partial charge on any atom is 0.285 e. The molecule has 2 N–H and O–H groups in total. The molecule has 0 saturated heterocycles. The van der Waals surface area contributed by atoms with Gasteiger partial charge < -0.3 is 0 Å². The minimum atomic E-state index is -4.79. The topological polar surface area (TPSA) is 109 Å². The van der Waals surface area contributed by atoms with Crippen LogP contribution in [0.25, 0.3) is 0 Å². The molecule has 0 aliphatic rings. The Kier molecular flexibility index (Phi) is 3.39. The molecule has 0 aliphatic heterocycles. The van der Waals surface area contributed by atoms with Crippen LogP contribution in [0.15, 0.2) is 12.7 Å². The molecule has 0 bridgehead atoms. The molecule has 0 aliphatic carbocycles. The van der Waals surface area contributed by atoms with Gasteiger partial charge in [-0.25, -0.2) is 0 Å². The molecule has 6 nitrogen and oxygen atoms in total. The highest BCUT2D eigenvalue weighted by atomic mass is 32.3. The van der Waals surface area contributed by atoms with E-state index in [4.69, 9.17) is 9.11 Å². The predicted molar refractivity (Wildman–Crippen MR) is 41.7 cm³/mol. The van der Waals surface area contributed by atoms with E-state index < -0.39 is 31.2 Å². The van der Waals surface area contributed by atoms with Gasteiger partial charge >= 0.3 is 0 Å². The van der Waals surface area contributed by atoms with Crippen molar-refractivity contribution in [3.63, 3.8) is 0 Å². The van der Waals surface area contributed by atoms with Crippen molar-refractivity contribution in [3.8, 4) is 0 Å². The second-order valence-electron chi connectivity index (χ2n) is 1.98. The Morgan fingerprint density at radius 3 is 1.58 bits per heavy atom. The Bertz CT molecular complexity index is 317. The average Bonchev–Trinajstić information content (AvgIpc) is 1.77. The number of hydrogen-bond donors (Lipinski definition) is 2. The van der Waals surface area contributed by atoms with Gasteiger partial charge in [-0.2, -0.15) is 16.8 Å². The monoisotopic (exact) mass is 216 g/mol. The minimum absolute atomic E-state index is 0.558. The van der Waals surface area contributed by atoms with Crippen molar-refractivity contribution in [2.24, 2.45) is 0 Å². The van der Waals surface area contributed by atoms with Crippen molar-refractivity contribution in [1.82, 2.24) is 0 Å². The predicted octanol–water partition coefficient (Wildman–Crippen LogP) is -0.336. The van der Waals surface area contributed by atoms with Crippen molar-refractivity contribution < 1.29 is 25.9 Å². The van der Waals surface area contributed by atoms with Gasteiger partial charge in [-0.15, -0.1) is 6.58 Å². The third-order valence-corrected chi connectivity index (χ3v) is 4.20. The zero-order valence-corrected chi connectivity index (χ0v) is 7.55. The van der Waals surface area contributed by atoms with E-state index in [2.05, 4.69) is 6.58 Å². The smallest absolute Gasteiger partial charge is 0.284 e. The molecule has 0 aromatic rings. The Morgan fingerprint density at radius 2 is 1.50 bits per heavy atom. The maximum absolute atomic E-state index is 10.3. The van der Waals surface area contributed by atoms with Crippen LogP contribution in [0.1, 0.15) is 6.42 Å². The molecule has 0 saturated carbocycles. The lowest BCUT2D eigenvalue weighted by Crippen LogP contribution is -2.28. The molecule has 0 unspecified atom stereocenters. The fourth-order valence-corrected chi connectivity index (χ4v) is 2.52. The van der Waals surface area contributed by atoms with Gasteiger partial charge in [0.25, 0.3) is 20.2 Å². The molecule has 0 aromatic carbocycles. The Morgan fingerprint density at radius 1 is 1.17 bits per heavy atom. The van der Waals surface area contributed by atoms with Crippen LogP contribution in [0.5, 0.6) is 0 Å². The van der Waals surface area contributed by atoms with Crippen LogP contribution in [0, 0.1) is 0 Å². The first-order valence-electron chi connectivity index (χ1n) is 2.73. The maximum atomic E-state index is 10.3. The summed E-state index contributed by atoms with van der Waals surface area (Å²) in [7, 11) is -9.59. The van der Waals surface area contributed by atoms with Crippen LogP contribution >= 0.6 is 0 Å². The Labute approximate surface area is 70.4 Å². The van der Waals surface area contributed by atoms with E-state index in [0.717, 1.165) is 6.08 Å². The van der Waals surface area contributed by atoms with E-state index in [0.29, 0.717) is 0 Å². The van der Waals surface area contributed by atoms with Crippen LogP contribution in [-0.4, -0.2) is 30.5 Å². The van der Waals surface area contributed by atoms with Gasteiger partial charge in [-0.05, 0) is 0 Å². The minimum Gasteiger partial charge on any atom is -0.284 e. The van der Waals surface area contributed by atoms with E-state index >= 15 is 0 Å². The molecule has 0 rings (SSSR count). The number of hydrogen-bond acceptors (Lipinski definition) is 4. The van der Waals surface area contributed by atoms with Crippen LogP contribution in [-0.2, 0) is 20.2 Å². The molecule has 0 fully saturated rings. The van der Waals surface area contributed by atoms with Crippen molar-refractivity contribution >= 4 is 20.2 Å². The van der Waals surface area contributed by atoms with E-state index in [1.807, 2.05) is 0 Å². The third kappa shape index (κ3) is 3.30. The highest BCUT2D eigenvalue weighted by molar-refractivity contribution is 8.03. The van der Waals surface area contributed by atoms with Gasteiger partial charge in [0, 0.05) is 6.42 Å². The first-order chi connectivity index (χ1) is 5.19. The Balaban J connectivity index is 5.09. The van der Waals surface area contributed by atoms with Crippen LogP contribution in [0.3, 0.4) is 0 Å². The van der Waals surface area contributed by atoms with Crippen molar-refractivity contribution in [3.05, 3.63) is 12.7 Å². The zero-order chi connectivity index (χ0) is 9.99. The van der Waals surface area contributed by atoms with Crippen LogP contribution in [0.4, 0.5) is 0 Å². The van der Waals surface area contributed by atoms with Crippen LogP contribution < -0.4 is 0 Å². The molecule has 12 heavy (non-hydrogen) atoms. The summed E-state index contributed by atoms with van der Waals surface area (Å²) in [6.45, 7) is 3.08. The first-order valence-corrected chi connectivity index (χ1v) is 5.73. The molecule has 8 heteroatoms. The first kappa shape index (κ1) is 11.6. The lowest BCUT2D eigenvalue weighted by atomic mass is 10.5. The quantitative estimate of drug-likeness (QED) is 0.491. The highest BCUT2D eigenvalue weighted by Crippen LogP contribution is 2.11. The molecule has 0 atom stereocenters. The van der Waals surface area contributed by atoms with E-state index in [1.165, 1.54) is 0 Å². The van der Waals surface area contributed by atoms with Gasteiger partial charge in [0.15, 0.2) is 0 Å². The molecule has 0 heterocycles. The fraction of sp³-hybridized carbons (Fsp3) is 0.500. The summed E-state index contributed by atoms with van der Waals surface area (Å²) in [5, 5.41) is 0. The lowest BCUT2D eigenvalue weighted by Gasteiger charge is -2.06.